The lowest BCUT2D eigenvalue weighted by atomic mass is 9.97. The normalized spacial score (nSPS) is 20.8. The van der Waals surface area contributed by atoms with E-state index in [9.17, 15) is 13.2 Å². The van der Waals surface area contributed by atoms with Crippen molar-refractivity contribution in [1.82, 2.24) is 5.32 Å². The maximum Gasteiger partial charge on any atom is 0.416 e. The zero-order chi connectivity index (χ0) is 15.0. The Labute approximate surface area is 123 Å². The molecule has 2 aliphatic carbocycles. The van der Waals surface area contributed by atoms with Gasteiger partial charge in [-0.1, -0.05) is 12.1 Å². The molecule has 21 heavy (non-hydrogen) atoms. The van der Waals surface area contributed by atoms with Crippen LogP contribution in [-0.4, -0.2) is 6.54 Å². The second-order valence-corrected chi connectivity index (χ2v) is 6.59. The molecule has 1 nitrogen and oxygen atoms in total. The fourth-order valence-corrected chi connectivity index (χ4v) is 3.18. The Hall–Kier alpha value is -1.03. The van der Waals surface area contributed by atoms with Crippen LogP contribution in [0.1, 0.15) is 49.8 Å². The lowest BCUT2D eigenvalue weighted by Crippen LogP contribution is -2.28. The predicted octanol–water partition coefficient (Wildman–Crippen LogP) is 4.79. The van der Waals surface area contributed by atoms with Crippen molar-refractivity contribution in [3.05, 3.63) is 35.4 Å². The van der Waals surface area contributed by atoms with E-state index in [0.717, 1.165) is 35.9 Å². The lowest BCUT2D eigenvalue weighted by Gasteiger charge is -2.21. The molecule has 0 aliphatic heterocycles. The minimum Gasteiger partial charge on any atom is -0.310 e. The smallest absolute Gasteiger partial charge is 0.310 e. The highest BCUT2D eigenvalue weighted by Gasteiger charge is 2.41. The third kappa shape index (κ3) is 3.79. The summed E-state index contributed by atoms with van der Waals surface area (Å²) in [5.41, 5.74) is 0.157. The molecule has 2 aliphatic rings. The molecule has 0 heterocycles. The second kappa shape index (κ2) is 5.64. The summed E-state index contributed by atoms with van der Waals surface area (Å²) in [5, 5.41) is 3.45. The maximum atomic E-state index is 12.8. The number of hydrogen-bond donors (Lipinski definition) is 1. The first-order valence-electron chi connectivity index (χ1n) is 7.85. The lowest BCUT2D eigenvalue weighted by molar-refractivity contribution is -0.137. The number of halogens is 3. The van der Waals surface area contributed by atoms with Crippen LogP contribution in [0.5, 0.6) is 0 Å². The van der Waals surface area contributed by atoms with Crippen molar-refractivity contribution >= 4 is 0 Å². The number of hydrogen-bond acceptors (Lipinski definition) is 1. The molecular weight excluding hydrogens is 275 g/mol. The largest absolute Gasteiger partial charge is 0.416 e. The minimum atomic E-state index is -4.26. The van der Waals surface area contributed by atoms with Crippen molar-refractivity contribution in [3.8, 4) is 0 Å². The van der Waals surface area contributed by atoms with Gasteiger partial charge in [0.25, 0.3) is 0 Å². The van der Waals surface area contributed by atoms with Crippen molar-refractivity contribution in [2.75, 3.05) is 6.54 Å². The van der Waals surface area contributed by atoms with Gasteiger partial charge < -0.3 is 5.32 Å². The summed E-state index contributed by atoms with van der Waals surface area (Å²) in [4.78, 5) is 0. The fraction of sp³-hybridized carbons (Fsp3) is 0.647. The Balaban J connectivity index is 1.60. The van der Waals surface area contributed by atoms with E-state index in [1.165, 1.54) is 37.8 Å². The van der Waals surface area contributed by atoms with Gasteiger partial charge in [0.15, 0.2) is 0 Å². The topological polar surface area (TPSA) is 12.0 Å². The summed E-state index contributed by atoms with van der Waals surface area (Å²) in [5.74, 6) is 2.45. The number of alkyl halides is 3. The first kappa shape index (κ1) is 14.9. The third-order valence-electron chi connectivity index (χ3n) is 4.83. The van der Waals surface area contributed by atoms with E-state index in [4.69, 9.17) is 0 Å². The van der Waals surface area contributed by atoms with Crippen molar-refractivity contribution in [2.45, 2.75) is 44.8 Å². The summed E-state index contributed by atoms with van der Waals surface area (Å²) in [6.07, 6.45) is 1.07. The average molecular weight is 297 g/mol. The van der Waals surface area contributed by atoms with Crippen LogP contribution in [0.15, 0.2) is 24.3 Å². The Morgan fingerprint density at radius 3 is 2.29 bits per heavy atom. The minimum absolute atomic E-state index is 0.0349. The van der Waals surface area contributed by atoms with E-state index in [1.54, 1.807) is 6.07 Å². The van der Waals surface area contributed by atoms with Crippen molar-refractivity contribution in [3.63, 3.8) is 0 Å². The van der Waals surface area contributed by atoms with Gasteiger partial charge in [0.1, 0.15) is 0 Å². The Morgan fingerprint density at radius 2 is 1.76 bits per heavy atom. The maximum absolute atomic E-state index is 12.8. The summed E-state index contributed by atoms with van der Waals surface area (Å²) >= 11 is 0. The zero-order valence-corrected chi connectivity index (χ0v) is 12.3. The standard InChI is InChI=1S/C17H22F3N/c1-11(14-3-2-4-15(9-14)17(18,19)20)21-10-16(12-5-6-12)13-7-8-13/h2-4,9,11-13,16,21H,5-8,10H2,1H3. The van der Waals surface area contributed by atoms with E-state index in [-0.39, 0.29) is 6.04 Å². The van der Waals surface area contributed by atoms with Gasteiger partial charge >= 0.3 is 6.18 Å². The molecule has 0 bridgehead atoms. The number of rotatable bonds is 6. The highest BCUT2D eigenvalue weighted by Crippen LogP contribution is 2.49. The van der Waals surface area contributed by atoms with E-state index in [1.807, 2.05) is 6.92 Å². The van der Waals surface area contributed by atoms with Crippen molar-refractivity contribution < 1.29 is 13.2 Å². The molecule has 0 aromatic heterocycles. The fourth-order valence-electron chi connectivity index (χ4n) is 3.18. The summed E-state index contributed by atoms with van der Waals surface area (Å²) in [7, 11) is 0. The molecule has 2 fully saturated rings. The van der Waals surface area contributed by atoms with Gasteiger partial charge in [0, 0.05) is 6.04 Å². The van der Waals surface area contributed by atoms with Crippen molar-refractivity contribution in [1.29, 1.82) is 0 Å². The van der Waals surface area contributed by atoms with E-state index >= 15 is 0 Å². The molecule has 116 valence electrons. The molecule has 0 saturated heterocycles. The summed E-state index contributed by atoms with van der Waals surface area (Å²) in [6.45, 7) is 2.89. The molecule has 0 amide bonds. The van der Waals surface area contributed by atoms with E-state index < -0.39 is 11.7 Å². The Bertz CT molecular complexity index is 477. The van der Waals surface area contributed by atoms with Gasteiger partial charge in [-0.15, -0.1) is 0 Å². The van der Waals surface area contributed by atoms with Crippen LogP contribution in [-0.2, 0) is 6.18 Å². The first-order valence-corrected chi connectivity index (χ1v) is 7.85. The average Bonchev–Trinajstić information content (AvgIpc) is 3.31. The molecule has 4 heteroatoms. The Morgan fingerprint density at radius 1 is 1.14 bits per heavy atom. The van der Waals surface area contributed by atoms with Crippen molar-refractivity contribution in [2.24, 2.45) is 17.8 Å². The molecule has 1 aromatic rings. The van der Waals surface area contributed by atoms with Gasteiger partial charge in [-0.2, -0.15) is 13.2 Å². The molecule has 1 unspecified atom stereocenters. The van der Waals surface area contributed by atoms with E-state index in [0.29, 0.717) is 0 Å². The van der Waals surface area contributed by atoms with Gasteiger partial charge in [0.2, 0.25) is 0 Å². The Kier molecular flexibility index (Phi) is 4.00. The van der Waals surface area contributed by atoms with Gasteiger partial charge in [-0.05, 0) is 74.6 Å². The second-order valence-electron chi connectivity index (χ2n) is 6.59. The van der Waals surface area contributed by atoms with Gasteiger partial charge in [-0.3, -0.25) is 0 Å². The molecular formula is C17H22F3N. The highest BCUT2D eigenvalue weighted by atomic mass is 19.4. The zero-order valence-electron chi connectivity index (χ0n) is 12.3. The monoisotopic (exact) mass is 297 g/mol. The van der Waals surface area contributed by atoms with Crippen LogP contribution in [0.25, 0.3) is 0 Å². The van der Waals surface area contributed by atoms with Crippen LogP contribution in [0, 0.1) is 17.8 Å². The first-order chi connectivity index (χ1) is 9.95. The van der Waals surface area contributed by atoms with Crippen LogP contribution in [0.3, 0.4) is 0 Å². The van der Waals surface area contributed by atoms with E-state index in [2.05, 4.69) is 5.32 Å². The quantitative estimate of drug-likeness (QED) is 0.796. The highest BCUT2D eigenvalue weighted by molar-refractivity contribution is 5.27. The molecule has 1 N–H and O–H groups in total. The van der Waals surface area contributed by atoms with Crippen LogP contribution < -0.4 is 5.32 Å². The third-order valence-corrected chi connectivity index (χ3v) is 4.83. The number of benzene rings is 1. The van der Waals surface area contributed by atoms with Gasteiger partial charge in [0.05, 0.1) is 5.56 Å². The van der Waals surface area contributed by atoms with Gasteiger partial charge in [-0.25, -0.2) is 0 Å². The van der Waals surface area contributed by atoms with Crippen LogP contribution in [0.2, 0.25) is 0 Å². The summed E-state index contributed by atoms with van der Waals surface area (Å²) < 4.78 is 38.3. The molecule has 0 radical (unpaired) electrons. The number of nitrogens with one attached hydrogen (secondary N) is 1. The van der Waals surface area contributed by atoms with Crippen LogP contribution >= 0.6 is 0 Å². The molecule has 3 rings (SSSR count). The molecule has 2 saturated carbocycles. The molecule has 0 spiro atoms. The summed E-state index contributed by atoms with van der Waals surface area (Å²) in [6, 6.07) is 5.63. The molecule has 1 atom stereocenters. The predicted molar refractivity (Wildman–Crippen MR) is 76.8 cm³/mol. The van der Waals surface area contributed by atoms with Crippen LogP contribution in [0.4, 0.5) is 13.2 Å². The SMILES string of the molecule is CC(NCC(C1CC1)C1CC1)c1cccc(C(F)(F)F)c1. The molecule has 1 aromatic carbocycles.